The van der Waals surface area contributed by atoms with E-state index in [-0.39, 0.29) is 30.6 Å². The number of aromatic amines is 1. The van der Waals surface area contributed by atoms with Gasteiger partial charge in [-0.25, -0.2) is 12.7 Å². The maximum Gasteiger partial charge on any atom is 0.221 e. The lowest BCUT2D eigenvalue weighted by Crippen LogP contribution is -2.40. The lowest BCUT2D eigenvalue weighted by atomic mass is 9.88. The number of ether oxygens (including phenoxy) is 1. The monoisotopic (exact) mass is 540 g/mol. The summed E-state index contributed by atoms with van der Waals surface area (Å²) >= 11 is 0. The van der Waals surface area contributed by atoms with E-state index in [0.29, 0.717) is 19.7 Å². The van der Waals surface area contributed by atoms with Gasteiger partial charge in [-0.3, -0.25) is 4.79 Å². The van der Waals surface area contributed by atoms with Crippen molar-refractivity contribution >= 4 is 26.8 Å². The predicted molar refractivity (Wildman–Crippen MR) is 153 cm³/mol. The molecule has 9 heteroatoms. The Morgan fingerprint density at radius 2 is 1.79 bits per heavy atom. The highest BCUT2D eigenvalue weighted by atomic mass is 32.2. The first kappa shape index (κ1) is 28.3. The minimum absolute atomic E-state index is 0.0138. The van der Waals surface area contributed by atoms with Gasteiger partial charge in [0.25, 0.3) is 0 Å². The van der Waals surface area contributed by atoms with Gasteiger partial charge in [0.05, 0.1) is 25.4 Å². The van der Waals surface area contributed by atoms with Crippen molar-refractivity contribution in [2.24, 2.45) is 5.73 Å². The molecule has 1 aliphatic rings. The second-order valence-electron chi connectivity index (χ2n) is 9.94. The Kier molecular flexibility index (Phi) is 9.59. The standard InChI is InChI=1S/C29H40N4O4S/c1-3-32(4-2)14-15-37-16-17-38(35,36)33-12-10-23(11-13-33)27-21-31-29-25(20-28(30)34)18-24(19-26(27)29)22-8-6-5-7-9-22/h5-9,18-19,21,23,31H,3-4,10-17,20H2,1-2H3,(H2,30,34). The van der Waals surface area contributed by atoms with Crippen LogP contribution in [0.25, 0.3) is 22.0 Å². The van der Waals surface area contributed by atoms with Crippen LogP contribution in [0.2, 0.25) is 0 Å². The molecule has 0 bridgehead atoms. The number of hydrogen-bond donors (Lipinski definition) is 2. The molecule has 38 heavy (non-hydrogen) atoms. The van der Waals surface area contributed by atoms with E-state index in [1.165, 1.54) is 5.56 Å². The zero-order chi connectivity index (χ0) is 27.1. The summed E-state index contributed by atoms with van der Waals surface area (Å²) < 4.78 is 33.1. The number of aromatic nitrogens is 1. The first-order valence-electron chi connectivity index (χ1n) is 13.6. The molecule has 0 radical (unpaired) electrons. The van der Waals surface area contributed by atoms with Crippen molar-refractivity contribution in [1.82, 2.24) is 14.2 Å². The molecule has 3 N–H and O–H groups in total. The summed E-state index contributed by atoms with van der Waals surface area (Å²) in [4.78, 5) is 17.4. The maximum absolute atomic E-state index is 12.9. The van der Waals surface area contributed by atoms with Crippen molar-refractivity contribution in [3.63, 3.8) is 0 Å². The number of amides is 1. The van der Waals surface area contributed by atoms with Crippen molar-refractivity contribution in [3.05, 3.63) is 59.8 Å². The summed E-state index contributed by atoms with van der Waals surface area (Å²) in [5, 5.41) is 1.07. The molecule has 4 rings (SSSR count). The quantitative estimate of drug-likeness (QED) is 0.321. The van der Waals surface area contributed by atoms with Gasteiger partial charge >= 0.3 is 0 Å². The Balaban J connectivity index is 1.43. The summed E-state index contributed by atoms with van der Waals surface area (Å²) in [6, 6.07) is 14.3. The first-order chi connectivity index (χ1) is 18.3. The van der Waals surface area contributed by atoms with E-state index in [4.69, 9.17) is 10.5 Å². The Hall–Kier alpha value is -2.72. The third-order valence-corrected chi connectivity index (χ3v) is 9.43. The number of nitrogens with two attached hydrogens (primary N) is 1. The topological polar surface area (TPSA) is 109 Å². The predicted octanol–water partition coefficient (Wildman–Crippen LogP) is 3.73. The number of carbonyl (C=O) groups is 1. The van der Waals surface area contributed by atoms with Crippen LogP contribution >= 0.6 is 0 Å². The van der Waals surface area contributed by atoms with Gasteiger partial charge in [-0.2, -0.15) is 0 Å². The van der Waals surface area contributed by atoms with Crippen LogP contribution in [0.5, 0.6) is 0 Å². The zero-order valence-electron chi connectivity index (χ0n) is 22.5. The van der Waals surface area contributed by atoms with E-state index in [2.05, 4.69) is 41.9 Å². The van der Waals surface area contributed by atoms with Crippen LogP contribution in [0, 0.1) is 0 Å². The molecular formula is C29H40N4O4S. The molecule has 0 atom stereocenters. The van der Waals surface area contributed by atoms with E-state index >= 15 is 0 Å². The molecule has 8 nitrogen and oxygen atoms in total. The molecule has 0 unspecified atom stereocenters. The third-order valence-electron chi connectivity index (χ3n) is 7.59. The molecule has 2 aromatic carbocycles. The van der Waals surface area contributed by atoms with E-state index in [1.807, 2.05) is 30.5 Å². The lowest BCUT2D eigenvalue weighted by molar-refractivity contribution is -0.117. The normalized spacial score (nSPS) is 15.4. The molecule has 1 fully saturated rings. The van der Waals surface area contributed by atoms with Crippen molar-refractivity contribution in [2.45, 2.75) is 39.0 Å². The van der Waals surface area contributed by atoms with Gasteiger partial charge in [-0.05, 0) is 66.2 Å². The molecule has 2 heterocycles. The Bertz CT molecular complexity index is 1310. The second-order valence-corrected chi connectivity index (χ2v) is 12.0. The van der Waals surface area contributed by atoms with Crippen LogP contribution in [0.3, 0.4) is 0 Å². The second kappa shape index (κ2) is 12.9. The largest absolute Gasteiger partial charge is 0.379 e. The maximum atomic E-state index is 12.9. The SMILES string of the molecule is CCN(CC)CCOCCS(=O)(=O)N1CCC(c2c[nH]c3c(CC(N)=O)cc(-c4ccccc4)cc23)CC1. The molecule has 1 amide bonds. The number of H-pyrrole nitrogens is 1. The minimum atomic E-state index is -3.36. The van der Waals surface area contributed by atoms with Gasteiger partial charge in [-0.1, -0.05) is 44.2 Å². The fraction of sp³-hybridized carbons (Fsp3) is 0.483. The summed E-state index contributed by atoms with van der Waals surface area (Å²) in [5.41, 5.74) is 10.6. The molecule has 3 aromatic rings. The summed E-state index contributed by atoms with van der Waals surface area (Å²) in [7, 11) is -3.36. The van der Waals surface area contributed by atoms with Crippen LogP contribution in [0.15, 0.2) is 48.7 Å². The fourth-order valence-electron chi connectivity index (χ4n) is 5.36. The highest BCUT2D eigenvalue weighted by Crippen LogP contribution is 2.37. The number of likely N-dealkylation sites (N-methyl/N-ethyl adjacent to an activating group) is 1. The highest BCUT2D eigenvalue weighted by Gasteiger charge is 2.30. The summed E-state index contributed by atoms with van der Waals surface area (Å²) in [6.07, 6.45) is 3.67. The zero-order valence-corrected chi connectivity index (χ0v) is 23.3. The highest BCUT2D eigenvalue weighted by molar-refractivity contribution is 7.89. The van der Waals surface area contributed by atoms with Crippen molar-refractivity contribution in [1.29, 1.82) is 0 Å². The number of primary amides is 1. The number of nitrogens with one attached hydrogen (secondary N) is 1. The smallest absolute Gasteiger partial charge is 0.221 e. The van der Waals surface area contributed by atoms with Gasteiger partial charge in [0, 0.05) is 36.7 Å². The number of fused-ring (bicyclic) bond motifs is 1. The lowest BCUT2D eigenvalue weighted by Gasteiger charge is -2.31. The molecule has 1 aromatic heterocycles. The molecule has 0 spiro atoms. The van der Waals surface area contributed by atoms with Crippen molar-refractivity contribution in [2.75, 3.05) is 51.7 Å². The van der Waals surface area contributed by atoms with E-state index < -0.39 is 10.0 Å². The van der Waals surface area contributed by atoms with Crippen LogP contribution in [-0.4, -0.2) is 80.2 Å². The number of piperidine rings is 1. The summed E-state index contributed by atoms with van der Waals surface area (Å²) in [6.45, 7) is 8.70. The molecule has 0 aliphatic carbocycles. The fourth-order valence-corrected chi connectivity index (χ4v) is 6.72. The molecular weight excluding hydrogens is 500 g/mol. The molecule has 0 saturated carbocycles. The Morgan fingerprint density at radius 3 is 2.45 bits per heavy atom. The molecule has 206 valence electrons. The van der Waals surface area contributed by atoms with Gasteiger partial charge in [0.1, 0.15) is 0 Å². The average molecular weight is 541 g/mol. The number of rotatable bonds is 13. The van der Waals surface area contributed by atoms with E-state index in [0.717, 1.165) is 60.1 Å². The molecule has 1 aliphatic heterocycles. The first-order valence-corrected chi connectivity index (χ1v) is 15.2. The number of hydrogen-bond acceptors (Lipinski definition) is 5. The van der Waals surface area contributed by atoms with E-state index in [1.54, 1.807) is 4.31 Å². The van der Waals surface area contributed by atoms with Crippen molar-refractivity contribution in [3.8, 4) is 11.1 Å². The van der Waals surface area contributed by atoms with Crippen LogP contribution < -0.4 is 5.73 Å². The number of sulfonamides is 1. The van der Waals surface area contributed by atoms with Gasteiger partial charge < -0.3 is 20.4 Å². The number of nitrogens with zero attached hydrogens (tertiary/aromatic N) is 2. The average Bonchev–Trinajstić information content (AvgIpc) is 3.35. The molecule has 1 saturated heterocycles. The van der Waals surface area contributed by atoms with Crippen molar-refractivity contribution < 1.29 is 17.9 Å². The number of carbonyl (C=O) groups excluding carboxylic acids is 1. The van der Waals surface area contributed by atoms with Crippen LogP contribution in [-0.2, 0) is 26.0 Å². The Morgan fingerprint density at radius 1 is 1.08 bits per heavy atom. The minimum Gasteiger partial charge on any atom is -0.379 e. The Labute approximate surface area is 226 Å². The van der Waals surface area contributed by atoms with E-state index in [9.17, 15) is 13.2 Å². The van der Waals surface area contributed by atoms with Crippen LogP contribution in [0.1, 0.15) is 43.7 Å². The third kappa shape index (κ3) is 6.83. The number of benzene rings is 2. The van der Waals surface area contributed by atoms with Crippen LogP contribution in [0.4, 0.5) is 0 Å². The summed E-state index contributed by atoms with van der Waals surface area (Å²) in [5.74, 6) is -0.129. The van der Waals surface area contributed by atoms with Gasteiger partial charge in [0.15, 0.2) is 0 Å². The van der Waals surface area contributed by atoms with Gasteiger partial charge in [-0.15, -0.1) is 0 Å². The van der Waals surface area contributed by atoms with Gasteiger partial charge in [0.2, 0.25) is 15.9 Å².